The summed E-state index contributed by atoms with van der Waals surface area (Å²) in [5, 5.41) is 13.3. The Bertz CT molecular complexity index is 1240. The van der Waals surface area contributed by atoms with Crippen LogP contribution in [-0.2, 0) is 6.54 Å². The zero-order chi connectivity index (χ0) is 20.5. The summed E-state index contributed by atoms with van der Waals surface area (Å²) in [6, 6.07) is 14.5. The van der Waals surface area contributed by atoms with E-state index in [9.17, 15) is 14.9 Å². The van der Waals surface area contributed by atoms with Gasteiger partial charge in [0.2, 0.25) is 0 Å². The van der Waals surface area contributed by atoms with Crippen LogP contribution < -0.4 is 5.56 Å². The summed E-state index contributed by atoms with van der Waals surface area (Å²) in [7, 11) is 0. The van der Waals surface area contributed by atoms with E-state index in [4.69, 9.17) is 0 Å². The van der Waals surface area contributed by atoms with Gasteiger partial charge in [-0.2, -0.15) is 0 Å². The van der Waals surface area contributed by atoms with Crippen LogP contribution in [0.2, 0.25) is 0 Å². The third kappa shape index (κ3) is 3.69. The molecule has 2 aromatic carbocycles. The highest BCUT2D eigenvalue weighted by Gasteiger charge is 2.15. The highest BCUT2D eigenvalue weighted by atomic mass is 32.1. The number of hydrogen-bond donors (Lipinski definition) is 0. The van der Waals surface area contributed by atoms with E-state index >= 15 is 0 Å². The molecule has 2 aromatic heterocycles. The number of nitrogens with zero attached hydrogens (tertiary/aromatic N) is 3. The zero-order valence-electron chi connectivity index (χ0n) is 16.0. The maximum Gasteiger partial charge on any atom is 0.269 e. The number of rotatable bonds is 5. The fourth-order valence-electron chi connectivity index (χ4n) is 3.26. The van der Waals surface area contributed by atoms with Gasteiger partial charge in [0, 0.05) is 23.1 Å². The van der Waals surface area contributed by atoms with Gasteiger partial charge in [-0.15, -0.1) is 11.3 Å². The number of fused-ring (bicyclic) bond motifs is 1. The normalized spacial score (nSPS) is 11.3. The Morgan fingerprint density at radius 3 is 2.41 bits per heavy atom. The monoisotopic (exact) mass is 405 g/mol. The van der Waals surface area contributed by atoms with Crippen molar-refractivity contribution in [2.45, 2.75) is 26.3 Å². The van der Waals surface area contributed by atoms with Crippen molar-refractivity contribution in [3.05, 3.63) is 91.8 Å². The molecule has 0 aliphatic rings. The molecule has 2 heterocycles. The molecule has 0 N–H and O–H groups in total. The first-order valence-electron chi connectivity index (χ1n) is 9.24. The van der Waals surface area contributed by atoms with Gasteiger partial charge in [-0.1, -0.05) is 38.1 Å². The van der Waals surface area contributed by atoms with Crippen LogP contribution in [0.4, 0.5) is 5.69 Å². The van der Waals surface area contributed by atoms with E-state index in [1.54, 1.807) is 23.0 Å². The fraction of sp³-hybridized carbons (Fsp3) is 0.182. The lowest BCUT2D eigenvalue weighted by Gasteiger charge is -2.09. The molecular weight excluding hydrogens is 386 g/mol. The maximum atomic E-state index is 13.2. The van der Waals surface area contributed by atoms with Crippen LogP contribution in [0.5, 0.6) is 0 Å². The summed E-state index contributed by atoms with van der Waals surface area (Å²) < 4.78 is 1.61. The number of nitro groups is 1. The SMILES string of the molecule is CC(C)c1ccc(Cn2cnc3scc(-c4ccc([N+](=O)[O-])cc4)c3c2=O)cc1. The van der Waals surface area contributed by atoms with Crippen LogP contribution in [0, 0.1) is 10.1 Å². The molecule has 0 aliphatic heterocycles. The van der Waals surface area contributed by atoms with Crippen molar-refractivity contribution in [2.75, 3.05) is 0 Å². The van der Waals surface area contributed by atoms with Gasteiger partial charge in [0.1, 0.15) is 4.83 Å². The van der Waals surface area contributed by atoms with Crippen molar-refractivity contribution in [3.63, 3.8) is 0 Å². The van der Waals surface area contributed by atoms with Crippen LogP contribution in [0.25, 0.3) is 21.3 Å². The predicted molar refractivity (Wildman–Crippen MR) is 116 cm³/mol. The van der Waals surface area contributed by atoms with Crippen LogP contribution in [0.1, 0.15) is 30.9 Å². The first-order valence-corrected chi connectivity index (χ1v) is 10.1. The van der Waals surface area contributed by atoms with Crippen molar-refractivity contribution in [1.29, 1.82) is 0 Å². The van der Waals surface area contributed by atoms with Gasteiger partial charge >= 0.3 is 0 Å². The van der Waals surface area contributed by atoms with Gasteiger partial charge < -0.3 is 0 Å². The summed E-state index contributed by atoms with van der Waals surface area (Å²) in [6.07, 6.45) is 1.58. The number of nitro benzene ring substituents is 1. The number of aromatic nitrogens is 2. The lowest BCUT2D eigenvalue weighted by atomic mass is 10.0. The lowest BCUT2D eigenvalue weighted by molar-refractivity contribution is -0.384. The Balaban J connectivity index is 1.72. The third-order valence-corrected chi connectivity index (χ3v) is 5.84. The zero-order valence-corrected chi connectivity index (χ0v) is 16.8. The van der Waals surface area contributed by atoms with Gasteiger partial charge in [-0.25, -0.2) is 4.98 Å². The average molecular weight is 405 g/mol. The standard InChI is InChI=1S/C22H19N3O3S/c1-14(2)16-5-3-15(4-6-16)11-24-13-23-21-20(22(24)26)19(12-29-21)17-7-9-18(10-8-17)25(27)28/h3-10,12-14H,11H2,1-2H3. The Kier molecular flexibility index (Phi) is 4.98. The molecule has 146 valence electrons. The number of thiophene rings is 1. The van der Waals surface area contributed by atoms with Gasteiger partial charge in [0.15, 0.2) is 0 Å². The molecule has 0 aliphatic carbocycles. The molecule has 6 nitrogen and oxygen atoms in total. The average Bonchev–Trinajstić information content (AvgIpc) is 3.15. The third-order valence-electron chi connectivity index (χ3n) is 4.95. The highest BCUT2D eigenvalue weighted by molar-refractivity contribution is 7.17. The lowest BCUT2D eigenvalue weighted by Crippen LogP contribution is -2.21. The first kappa shape index (κ1) is 19.0. The summed E-state index contributed by atoms with van der Waals surface area (Å²) >= 11 is 1.40. The molecule has 4 rings (SSSR count). The summed E-state index contributed by atoms with van der Waals surface area (Å²) in [5.41, 5.74) is 3.71. The summed E-state index contributed by atoms with van der Waals surface area (Å²) in [5.74, 6) is 0.458. The minimum Gasteiger partial charge on any atom is -0.294 e. The topological polar surface area (TPSA) is 78.0 Å². The maximum absolute atomic E-state index is 13.2. The molecule has 0 fully saturated rings. The molecule has 0 radical (unpaired) electrons. The Hall–Kier alpha value is -3.32. The molecule has 0 saturated heterocycles. The first-order chi connectivity index (χ1) is 13.9. The molecule has 0 spiro atoms. The van der Waals surface area contributed by atoms with Crippen molar-refractivity contribution in [2.24, 2.45) is 0 Å². The number of benzene rings is 2. The van der Waals surface area contributed by atoms with Crippen molar-refractivity contribution in [1.82, 2.24) is 9.55 Å². The minimum absolute atomic E-state index is 0.0219. The van der Waals surface area contributed by atoms with E-state index in [2.05, 4.69) is 31.0 Å². The molecule has 4 aromatic rings. The van der Waals surface area contributed by atoms with E-state index in [0.29, 0.717) is 22.7 Å². The second-order valence-corrected chi connectivity index (χ2v) is 8.07. The van der Waals surface area contributed by atoms with E-state index in [1.165, 1.54) is 29.0 Å². The van der Waals surface area contributed by atoms with Gasteiger partial charge in [0.05, 0.1) is 23.2 Å². The second kappa shape index (κ2) is 7.60. The Labute approximate surface area is 171 Å². The Morgan fingerprint density at radius 1 is 1.10 bits per heavy atom. The number of hydrogen-bond acceptors (Lipinski definition) is 5. The fourth-order valence-corrected chi connectivity index (χ4v) is 4.17. The van der Waals surface area contributed by atoms with Crippen LogP contribution >= 0.6 is 11.3 Å². The van der Waals surface area contributed by atoms with Gasteiger partial charge in [-0.05, 0) is 34.7 Å². The van der Waals surface area contributed by atoms with E-state index in [1.807, 2.05) is 17.5 Å². The molecule has 0 saturated carbocycles. The smallest absolute Gasteiger partial charge is 0.269 e. The Morgan fingerprint density at radius 2 is 1.79 bits per heavy atom. The summed E-state index contributed by atoms with van der Waals surface area (Å²) in [4.78, 5) is 28.7. The van der Waals surface area contributed by atoms with Crippen molar-refractivity contribution < 1.29 is 4.92 Å². The van der Waals surface area contributed by atoms with Gasteiger partial charge in [-0.3, -0.25) is 19.5 Å². The molecule has 7 heteroatoms. The molecule has 0 unspecified atom stereocenters. The number of non-ortho nitro benzene ring substituents is 1. The van der Waals surface area contributed by atoms with E-state index in [-0.39, 0.29) is 11.2 Å². The highest BCUT2D eigenvalue weighted by Crippen LogP contribution is 2.31. The van der Waals surface area contributed by atoms with E-state index in [0.717, 1.165) is 16.7 Å². The van der Waals surface area contributed by atoms with Crippen molar-refractivity contribution >= 4 is 27.2 Å². The molecule has 0 atom stereocenters. The molecule has 0 amide bonds. The predicted octanol–water partition coefficient (Wildman–Crippen LogP) is 5.20. The van der Waals surface area contributed by atoms with Crippen LogP contribution in [-0.4, -0.2) is 14.5 Å². The quantitative estimate of drug-likeness (QED) is 0.337. The van der Waals surface area contributed by atoms with E-state index < -0.39 is 4.92 Å². The summed E-state index contributed by atoms with van der Waals surface area (Å²) in [6.45, 7) is 4.73. The van der Waals surface area contributed by atoms with Gasteiger partial charge in [0.25, 0.3) is 11.2 Å². The molecular formula is C22H19N3O3S. The van der Waals surface area contributed by atoms with Crippen molar-refractivity contribution in [3.8, 4) is 11.1 Å². The molecule has 29 heavy (non-hydrogen) atoms. The second-order valence-electron chi connectivity index (χ2n) is 7.21. The molecule has 0 bridgehead atoms. The van der Waals surface area contributed by atoms with Crippen LogP contribution in [0.15, 0.2) is 65.0 Å². The van der Waals surface area contributed by atoms with Crippen LogP contribution in [0.3, 0.4) is 0 Å². The largest absolute Gasteiger partial charge is 0.294 e. The minimum atomic E-state index is -0.436.